The van der Waals surface area contributed by atoms with Gasteiger partial charge in [0.25, 0.3) is 0 Å². The minimum Gasteiger partial charge on any atom is -0.371 e. The van der Waals surface area contributed by atoms with Crippen molar-refractivity contribution in [3.05, 3.63) is 28.2 Å². The van der Waals surface area contributed by atoms with Crippen molar-refractivity contribution in [3.63, 3.8) is 0 Å². The molecule has 2 heterocycles. The van der Waals surface area contributed by atoms with E-state index in [1.54, 1.807) is 0 Å². The number of amides is 1. The molecule has 114 valence electrons. The van der Waals surface area contributed by atoms with Gasteiger partial charge in [0.1, 0.15) is 0 Å². The average molecular weight is 352 g/mol. The summed E-state index contributed by atoms with van der Waals surface area (Å²) in [7, 11) is 1.98. The number of rotatable bonds is 3. The monoisotopic (exact) mass is 351 g/mol. The Kier molecular flexibility index (Phi) is 4.50. The number of carbonyl (C=O) groups is 1. The Morgan fingerprint density at radius 2 is 2.29 bits per heavy atom. The molecule has 21 heavy (non-hydrogen) atoms. The molecule has 2 N–H and O–H groups in total. The Morgan fingerprint density at radius 3 is 3.10 bits per heavy atom. The molecule has 5 heteroatoms. The van der Waals surface area contributed by atoms with E-state index in [1.165, 1.54) is 11.3 Å². The van der Waals surface area contributed by atoms with E-state index in [1.807, 2.05) is 7.05 Å². The Balaban J connectivity index is 1.79. The topological polar surface area (TPSA) is 44.4 Å². The highest BCUT2D eigenvalue weighted by molar-refractivity contribution is 9.10. The number of fused-ring (bicyclic) bond motifs is 1. The molecule has 1 amide bonds. The molecule has 0 radical (unpaired) electrons. The second-order valence-corrected chi connectivity index (χ2v) is 6.93. The van der Waals surface area contributed by atoms with Crippen molar-refractivity contribution in [3.8, 4) is 0 Å². The molecule has 4 nitrogen and oxygen atoms in total. The van der Waals surface area contributed by atoms with Crippen LogP contribution in [0.5, 0.6) is 0 Å². The summed E-state index contributed by atoms with van der Waals surface area (Å²) in [5.41, 5.74) is 2.65. The van der Waals surface area contributed by atoms with Crippen molar-refractivity contribution in [1.29, 1.82) is 0 Å². The van der Waals surface area contributed by atoms with Crippen molar-refractivity contribution in [2.45, 2.75) is 31.8 Å². The van der Waals surface area contributed by atoms with Crippen LogP contribution < -0.4 is 15.5 Å². The lowest BCUT2D eigenvalue weighted by Crippen LogP contribution is -2.54. The third-order valence-corrected chi connectivity index (χ3v) is 5.07. The van der Waals surface area contributed by atoms with Crippen LogP contribution in [0.3, 0.4) is 0 Å². The first-order chi connectivity index (χ1) is 10.2. The molecule has 1 aromatic carbocycles. The van der Waals surface area contributed by atoms with Crippen LogP contribution in [0.4, 0.5) is 5.69 Å². The van der Waals surface area contributed by atoms with Crippen LogP contribution in [0, 0.1) is 5.92 Å². The second-order valence-electron chi connectivity index (χ2n) is 6.01. The number of hydrogen-bond acceptors (Lipinski definition) is 3. The number of halogens is 1. The second kappa shape index (κ2) is 6.36. The Morgan fingerprint density at radius 1 is 1.43 bits per heavy atom. The van der Waals surface area contributed by atoms with Crippen LogP contribution in [0.2, 0.25) is 0 Å². The van der Waals surface area contributed by atoms with Crippen LogP contribution in [0.1, 0.15) is 24.8 Å². The molecule has 0 saturated carbocycles. The average Bonchev–Trinajstić information content (AvgIpc) is 2.49. The molecular weight excluding hydrogens is 330 g/mol. The Bertz CT molecular complexity index is 534. The van der Waals surface area contributed by atoms with Gasteiger partial charge in [-0.2, -0.15) is 0 Å². The van der Waals surface area contributed by atoms with Gasteiger partial charge in [-0.15, -0.1) is 0 Å². The maximum Gasteiger partial charge on any atom is 0.220 e. The summed E-state index contributed by atoms with van der Waals surface area (Å²) < 4.78 is 1.12. The van der Waals surface area contributed by atoms with Crippen molar-refractivity contribution >= 4 is 27.5 Å². The standard InChI is InChI=1S/C16H22BrN3O/c1-18-9-11-2-4-13(17)8-15(11)20-7-6-14-12(10-20)3-5-16(21)19-14/h2,4,8,12,14,18H,3,5-7,9-10H2,1H3,(H,19,21). The van der Waals surface area contributed by atoms with E-state index in [2.05, 4.69) is 49.7 Å². The van der Waals surface area contributed by atoms with Crippen LogP contribution in [-0.4, -0.2) is 32.1 Å². The summed E-state index contributed by atoms with van der Waals surface area (Å²) in [6, 6.07) is 6.88. The molecule has 0 aliphatic carbocycles. The van der Waals surface area contributed by atoms with Gasteiger partial charge < -0.3 is 15.5 Å². The van der Waals surface area contributed by atoms with Crippen molar-refractivity contribution in [2.24, 2.45) is 5.92 Å². The Labute approximate surface area is 134 Å². The summed E-state index contributed by atoms with van der Waals surface area (Å²) in [5, 5.41) is 6.40. The molecule has 2 unspecified atom stereocenters. The SMILES string of the molecule is CNCc1ccc(Br)cc1N1CCC2NC(=O)CCC2C1. The maximum atomic E-state index is 11.5. The highest BCUT2D eigenvalue weighted by atomic mass is 79.9. The van der Waals surface area contributed by atoms with E-state index in [9.17, 15) is 4.79 Å². The van der Waals surface area contributed by atoms with Crippen LogP contribution in [0.25, 0.3) is 0 Å². The summed E-state index contributed by atoms with van der Waals surface area (Å²) in [6.07, 6.45) is 2.74. The van der Waals surface area contributed by atoms with E-state index in [0.29, 0.717) is 18.4 Å². The fourth-order valence-corrected chi connectivity index (χ4v) is 3.85. The third-order valence-electron chi connectivity index (χ3n) is 4.58. The molecule has 0 spiro atoms. The molecule has 2 aliphatic heterocycles. The molecule has 3 rings (SSSR count). The van der Waals surface area contributed by atoms with Crippen LogP contribution >= 0.6 is 15.9 Å². The Hall–Kier alpha value is -1.07. The van der Waals surface area contributed by atoms with E-state index in [-0.39, 0.29) is 5.91 Å². The van der Waals surface area contributed by atoms with Gasteiger partial charge in [0.2, 0.25) is 5.91 Å². The number of piperidine rings is 2. The minimum absolute atomic E-state index is 0.225. The molecule has 0 aromatic heterocycles. The first-order valence-electron chi connectivity index (χ1n) is 7.64. The molecule has 2 fully saturated rings. The van der Waals surface area contributed by atoms with Gasteiger partial charge in [-0.3, -0.25) is 4.79 Å². The van der Waals surface area contributed by atoms with Crippen LogP contribution in [-0.2, 0) is 11.3 Å². The normalized spacial score (nSPS) is 25.4. The largest absolute Gasteiger partial charge is 0.371 e. The summed E-state index contributed by atoms with van der Waals surface area (Å²) in [5.74, 6) is 0.806. The molecule has 0 bridgehead atoms. The fraction of sp³-hybridized carbons (Fsp3) is 0.562. The summed E-state index contributed by atoms with van der Waals surface area (Å²) in [6.45, 7) is 2.93. The zero-order chi connectivity index (χ0) is 14.8. The number of anilines is 1. The molecule has 1 aromatic rings. The smallest absolute Gasteiger partial charge is 0.220 e. The highest BCUT2D eigenvalue weighted by Gasteiger charge is 2.34. The number of nitrogens with zero attached hydrogens (tertiary/aromatic N) is 1. The zero-order valence-corrected chi connectivity index (χ0v) is 13.9. The first-order valence-corrected chi connectivity index (χ1v) is 8.44. The summed E-state index contributed by atoms with van der Waals surface area (Å²) >= 11 is 3.59. The molecule has 2 saturated heterocycles. The third kappa shape index (κ3) is 3.24. The minimum atomic E-state index is 0.225. The summed E-state index contributed by atoms with van der Waals surface area (Å²) in [4.78, 5) is 14.0. The van der Waals surface area contributed by atoms with E-state index < -0.39 is 0 Å². The zero-order valence-electron chi connectivity index (χ0n) is 12.4. The first kappa shape index (κ1) is 14.9. The van der Waals surface area contributed by atoms with Gasteiger partial charge in [0.05, 0.1) is 0 Å². The van der Waals surface area contributed by atoms with E-state index >= 15 is 0 Å². The van der Waals surface area contributed by atoms with Gasteiger partial charge in [0, 0.05) is 42.3 Å². The van der Waals surface area contributed by atoms with Gasteiger partial charge in [0.15, 0.2) is 0 Å². The lowest BCUT2D eigenvalue weighted by molar-refractivity contribution is -0.124. The van der Waals surface area contributed by atoms with Crippen LogP contribution in [0.15, 0.2) is 22.7 Å². The molecule has 2 aliphatic rings. The maximum absolute atomic E-state index is 11.5. The van der Waals surface area contributed by atoms with Crippen molar-refractivity contribution in [1.82, 2.24) is 10.6 Å². The lowest BCUT2D eigenvalue weighted by atomic mass is 9.85. The predicted octanol–water partition coefficient (Wildman–Crippen LogP) is 2.27. The highest BCUT2D eigenvalue weighted by Crippen LogP contribution is 2.32. The number of nitrogens with one attached hydrogen (secondary N) is 2. The fourth-order valence-electron chi connectivity index (χ4n) is 3.50. The van der Waals surface area contributed by atoms with E-state index in [4.69, 9.17) is 0 Å². The van der Waals surface area contributed by atoms with Gasteiger partial charge in [-0.25, -0.2) is 0 Å². The number of benzene rings is 1. The van der Waals surface area contributed by atoms with Crippen molar-refractivity contribution in [2.75, 3.05) is 25.0 Å². The molecule has 2 atom stereocenters. The number of hydrogen-bond donors (Lipinski definition) is 2. The van der Waals surface area contributed by atoms with Gasteiger partial charge >= 0.3 is 0 Å². The number of carbonyl (C=O) groups excluding carboxylic acids is 1. The quantitative estimate of drug-likeness (QED) is 0.877. The van der Waals surface area contributed by atoms with E-state index in [0.717, 1.165) is 36.9 Å². The van der Waals surface area contributed by atoms with Crippen molar-refractivity contribution < 1.29 is 4.79 Å². The molecular formula is C16H22BrN3O. The van der Waals surface area contributed by atoms with Gasteiger partial charge in [-0.05, 0) is 43.5 Å². The van der Waals surface area contributed by atoms with Gasteiger partial charge in [-0.1, -0.05) is 22.0 Å². The predicted molar refractivity (Wildman–Crippen MR) is 88.4 cm³/mol. The lowest BCUT2D eigenvalue weighted by Gasteiger charge is -2.43.